The number of carbonyl (C=O) groups is 4. The zero-order chi connectivity index (χ0) is 35.8. The van der Waals surface area contributed by atoms with E-state index < -0.39 is 23.8 Å². The molecule has 5 aliphatic rings. The molecule has 0 heterocycles. The van der Waals surface area contributed by atoms with Crippen molar-refractivity contribution in [2.75, 3.05) is 13.1 Å². The van der Waals surface area contributed by atoms with Crippen molar-refractivity contribution in [3.05, 3.63) is 47.5 Å². The van der Waals surface area contributed by atoms with Crippen molar-refractivity contribution in [3.63, 3.8) is 0 Å². The fourth-order valence-electron chi connectivity index (χ4n) is 12.1. The predicted octanol–water partition coefficient (Wildman–Crippen LogP) is 6.56. The largest absolute Gasteiger partial charge is 0.480 e. The number of aliphatic hydroxyl groups excluding tert-OH is 1. The maximum atomic E-state index is 14.6. The van der Waals surface area contributed by atoms with Crippen LogP contribution in [0.5, 0.6) is 0 Å². The van der Waals surface area contributed by atoms with Crippen molar-refractivity contribution >= 4 is 23.6 Å². The molecule has 1 aromatic rings. The van der Waals surface area contributed by atoms with Gasteiger partial charge in [0.1, 0.15) is 13.1 Å². The van der Waals surface area contributed by atoms with E-state index >= 15 is 0 Å². The Labute approximate surface area is 292 Å². The van der Waals surface area contributed by atoms with Crippen molar-refractivity contribution < 1.29 is 29.4 Å². The molecule has 1 aromatic carbocycles. The van der Waals surface area contributed by atoms with Gasteiger partial charge in [-0.2, -0.15) is 0 Å². The van der Waals surface area contributed by atoms with Crippen LogP contribution in [0.2, 0.25) is 0 Å². The molecule has 0 unspecified atom stereocenters. The van der Waals surface area contributed by atoms with Crippen LogP contribution in [-0.4, -0.2) is 57.9 Å². The summed E-state index contributed by atoms with van der Waals surface area (Å²) < 4.78 is 0. The van der Waals surface area contributed by atoms with Crippen molar-refractivity contribution in [1.82, 2.24) is 10.2 Å². The molecule has 49 heavy (non-hydrogen) atoms. The van der Waals surface area contributed by atoms with Crippen molar-refractivity contribution in [3.8, 4) is 0 Å². The van der Waals surface area contributed by atoms with Gasteiger partial charge in [0.15, 0.2) is 5.78 Å². The molecule has 0 aromatic heterocycles. The topological polar surface area (TPSA) is 124 Å². The first-order chi connectivity index (χ1) is 22.8. The molecule has 6 rings (SSSR count). The molecule has 2 amide bonds. The number of nitrogens with zero attached hydrogens (tertiary/aromatic N) is 1. The minimum atomic E-state index is -1.15. The van der Waals surface area contributed by atoms with Gasteiger partial charge in [0.05, 0.1) is 6.10 Å². The summed E-state index contributed by atoms with van der Waals surface area (Å²) in [5, 5.41) is 23.7. The third-order valence-corrected chi connectivity index (χ3v) is 15.4. The van der Waals surface area contributed by atoms with Crippen LogP contribution in [0.15, 0.2) is 42.0 Å². The molecule has 5 aliphatic carbocycles. The SMILES string of the molecule is CC1(C)[C@@H](O)CC[C@]2(C)[C@H]3C(=O)C=C4[C@@H]5C[C@@](C)(C(=O)N(CC(=O)O)CC(=O)NCc6ccccc6)CC[C@]5(C)CC[C@@]4(C)[C@]3(C)CC[C@@H]12. The second-order valence-electron chi connectivity index (χ2n) is 18.4. The Hall–Kier alpha value is -3.00. The molecule has 0 saturated heterocycles. The number of aliphatic carboxylic acids is 1. The standard InChI is InChI=1S/C41H58N2O6/c1-36(2)30-13-16-41(7)34(39(30,5)15-14-31(36)45)29(44)21-27-28-22-38(4,18-17-37(28,3)19-20-40(27,41)6)35(49)43(25-33(47)48)24-32(46)42-23-26-11-9-8-10-12-26/h8-12,21,28,30-31,34,45H,13-20,22-25H2,1-7H3,(H,42,46)(H,47,48)/t28-,30-,31-,34+,37+,38-,39-,40+,41+/m0/s1. The normalized spacial score (nSPS) is 40.8. The molecule has 4 saturated carbocycles. The Balaban J connectivity index is 1.29. The van der Waals surface area contributed by atoms with Gasteiger partial charge in [0.25, 0.3) is 0 Å². The van der Waals surface area contributed by atoms with Gasteiger partial charge < -0.3 is 20.4 Å². The lowest BCUT2D eigenvalue weighted by molar-refractivity contribution is -0.202. The number of ketones is 1. The quantitative estimate of drug-likeness (QED) is 0.301. The van der Waals surface area contributed by atoms with Crippen LogP contribution in [0, 0.1) is 50.2 Å². The molecule has 0 aliphatic heterocycles. The van der Waals surface area contributed by atoms with Gasteiger partial charge in [-0.3, -0.25) is 19.2 Å². The highest BCUT2D eigenvalue weighted by Crippen LogP contribution is 2.75. The van der Waals surface area contributed by atoms with Gasteiger partial charge in [0.2, 0.25) is 11.8 Å². The smallest absolute Gasteiger partial charge is 0.323 e. The van der Waals surface area contributed by atoms with E-state index in [-0.39, 0.29) is 69.2 Å². The van der Waals surface area contributed by atoms with Crippen LogP contribution in [0.4, 0.5) is 0 Å². The van der Waals surface area contributed by atoms with Crippen LogP contribution in [-0.2, 0) is 25.7 Å². The number of carbonyl (C=O) groups excluding carboxylic acids is 3. The van der Waals surface area contributed by atoms with Crippen molar-refractivity contribution in [2.24, 2.45) is 50.2 Å². The number of aliphatic hydroxyl groups is 1. The molecule has 268 valence electrons. The average molecular weight is 675 g/mol. The van der Waals surface area contributed by atoms with Gasteiger partial charge in [-0.05, 0) is 108 Å². The van der Waals surface area contributed by atoms with E-state index in [1.165, 1.54) is 10.5 Å². The molecular formula is C41H58N2O6. The number of nitrogens with one attached hydrogen (secondary N) is 1. The van der Waals surface area contributed by atoms with Crippen LogP contribution in [0.1, 0.15) is 112 Å². The first-order valence-corrected chi connectivity index (χ1v) is 18.6. The van der Waals surface area contributed by atoms with Gasteiger partial charge in [0, 0.05) is 17.9 Å². The zero-order valence-corrected chi connectivity index (χ0v) is 30.7. The summed E-state index contributed by atoms with van der Waals surface area (Å²) >= 11 is 0. The van der Waals surface area contributed by atoms with Crippen LogP contribution in [0.3, 0.4) is 0 Å². The number of benzene rings is 1. The predicted molar refractivity (Wildman–Crippen MR) is 188 cm³/mol. The lowest BCUT2D eigenvalue weighted by atomic mass is 9.33. The third kappa shape index (κ3) is 5.59. The third-order valence-electron chi connectivity index (χ3n) is 15.4. The molecule has 0 spiro atoms. The number of carboxylic acids is 1. The average Bonchev–Trinajstić information content (AvgIpc) is 3.03. The maximum absolute atomic E-state index is 14.6. The van der Waals surface area contributed by atoms with Crippen molar-refractivity contribution in [1.29, 1.82) is 0 Å². The summed E-state index contributed by atoms with van der Waals surface area (Å²) in [6.45, 7) is 15.1. The molecule has 3 N–H and O–H groups in total. The lowest BCUT2D eigenvalue weighted by Gasteiger charge is -2.70. The van der Waals surface area contributed by atoms with Gasteiger partial charge >= 0.3 is 5.97 Å². The van der Waals surface area contributed by atoms with Crippen molar-refractivity contribution in [2.45, 2.75) is 119 Å². The molecule has 8 nitrogen and oxygen atoms in total. The van der Waals surface area contributed by atoms with Crippen LogP contribution in [0.25, 0.3) is 0 Å². The fraction of sp³-hybridized carbons (Fsp3) is 0.707. The highest BCUT2D eigenvalue weighted by Gasteiger charge is 2.70. The maximum Gasteiger partial charge on any atom is 0.323 e. The zero-order valence-electron chi connectivity index (χ0n) is 30.7. The summed E-state index contributed by atoms with van der Waals surface area (Å²) in [7, 11) is 0. The Morgan fingerprint density at radius 2 is 1.55 bits per heavy atom. The van der Waals surface area contributed by atoms with E-state index in [9.17, 15) is 29.4 Å². The Kier molecular flexibility index (Phi) is 8.81. The second-order valence-corrected chi connectivity index (χ2v) is 18.4. The Morgan fingerprint density at radius 3 is 2.22 bits per heavy atom. The summed E-state index contributed by atoms with van der Waals surface area (Å²) in [5.74, 6) is -1.50. The number of amides is 2. The molecule has 0 bridgehead atoms. The van der Waals surface area contributed by atoms with Gasteiger partial charge in [-0.1, -0.05) is 84.4 Å². The van der Waals surface area contributed by atoms with E-state index in [1.54, 1.807) is 0 Å². The van der Waals surface area contributed by atoms with E-state index in [2.05, 4.69) is 46.9 Å². The lowest BCUT2D eigenvalue weighted by Crippen LogP contribution is -2.66. The minimum absolute atomic E-state index is 0.00408. The molecule has 0 radical (unpaired) electrons. The second kappa shape index (κ2) is 12.1. The van der Waals surface area contributed by atoms with Gasteiger partial charge in [-0.25, -0.2) is 0 Å². The van der Waals surface area contributed by atoms with E-state index in [0.717, 1.165) is 44.1 Å². The van der Waals surface area contributed by atoms with E-state index in [0.29, 0.717) is 25.8 Å². The first-order valence-electron chi connectivity index (χ1n) is 18.6. The highest BCUT2D eigenvalue weighted by molar-refractivity contribution is 5.96. The number of hydrogen-bond acceptors (Lipinski definition) is 5. The first kappa shape index (κ1) is 35.8. The van der Waals surface area contributed by atoms with Crippen LogP contribution < -0.4 is 5.32 Å². The number of hydrogen-bond donors (Lipinski definition) is 3. The monoisotopic (exact) mass is 674 g/mol. The highest BCUT2D eigenvalue weighted by atomic mass is 16.4. The molecule has 4 fully saturated rings. The van der Waals surface area contributed by atoms with Gasteiger partial charge in [-0.15, -0.1) is 0 Å². The fourth-order valence-corrected chi connectivity index (χ4v) is 12.1. The number of carboxylic acid groups (broad SMARTS) is 1. The number of fused-ring (bicyclic) bond motifs is 7. The van der Waals surface area contributed by atoms with E-state index in [4.69, 9.17) is 0 Å². The van der Waals surface area contributed by atoms with Crippen LogP contribution >= 0.6 is 0 Å². The number of rotatable bonds is 7. The Bertz CT molecular complexity index is 1550. The molecule has 8 heteroatoms. The number of allylic oxidation sites excluding steroid dienone is 2. The minimum Gasteiger partial charge on any atom is -0.480 e. The summed E-state index contributed by atoms with van der Waals surface area (Å²) in [4.78, 5) is 55.3. The summed E-state index contributed by atoms with van der Waals surface area (Å²) in [5.41, 5.74) is 0.247. The summed E-state index contributed by atoms with van der Waals surface area (Å²) in [6.07, 6.45) is 9.04. The summed E-state index contributed by atoms with van der Waals surface area (Å²) in [6, 6.07) is 9.48. The molecular weight excluding hydrogens is 616 g/mol. The molecule has 9 atom stereocenters. The van der Waals surface area contributed by atoms with E-state index in [1.807, 2.05) is 43.3 Å². The Morgan fingerprint density at radius 1 is 0.878 bits per heavy atom.